The minimum Gasteiger partial charge on any atom is -0.462 e. The highest BCUT2D eigenvalue weighted by molar-refractivity contribution is 7.46. The summed E-state index contributed by atoms with van der Waals surface area (Å²) in [6, 6.07) is 0. The van der Waals surface area contributed by atoms with Gasteiger partial charge in [0.2, 0.25) is 0 Å². The van der Waals surface area contributed by atoms with E-state index >= 15 is 0 Å². The molecule has 0 aromatic rings. The second-order valence-electron chi connectivity index (χ2n) is 11.8. The molecule has 0 amide bonds. The molecule has 0 spiro atoms. The highest BCUT2D eigenvalue weighted by Crippen LogP contribution is 2.36. The number of ether oxygens (including phenoxy) is 2. The van der Waals surface area contributed by atoms with Crippen LogP contribution in [0.2, 0.25) is 0 Å². The molecule has 0 saturated carbocycles. The van der Waals surface area contributed by atoms with E-state index in [4.69, 9.17) is 19.3 Å². The Labute approximate surface area is 269 Å². The number of hydrogen-bond acceptors (Lipinski definition) is 6. The van der Waals surface area contributed by atoms with Crippen LogP contribution in [-0.2, 0) is 28.2 Å². The van der Waals surface area contributed by atoms with Gasteiger partial charge in [-0.15, -0.1) is 0 Å². The molecule has 0 heterocycles. The van der Waals surface area contributed by atoms with Crippen molar-refractivity contribution in [1.82, 2.24) is 0 Å². The average molecular weight is 645 g/mol. The molecule has 0 fully saturated rings. The highest BCUT2D eigenvalue weighted by Gasteiger charge is 2.22. The summed E-state index contributed by atoms with van der Waals surface area (Å²) < 4.78 is 26.2. The van der Waals surface area contributed by atoms with E-state index in [-0.39, 0.29) is 19.4 Å². The van der Waals surface area contributed by atoms with Gasteiger partial charge in [-0.05, 0) is 44.9 Å². The fraction of sp³-hybridized carbons (Fsp3) is 0.829. The van der Waals surface area contributed by atoms with Crippen LogP contribution in [0.25, 0.3) is 0 Å². The molecule has 0 aromatic carbocycles. The van der Waals surface area contributed by atoms with Gasteiger partial charge in [0.15, 0.2) is 6.10 Å². The number of phosphoric ester groups is 1. The summed E-state index contributed by atoms with van der Waals surface area (Å²) in [4.78, 5) is 42.5. The van der Waals surface area contributed by atoms with Crippen LogP contribution in [0, 0.1) is 0 Å². The zero-order valence-electron chi connectivity index (χ0n) is 28.1. The number of esters is 2. The summed E-state index contributed by atoms with van der Waals surface area (Å²) in [5, 5.41) is 0. The van der Waals surface area contributed by atoms with Crippen LogP contribution in [0.3, 0.4) is 0 Å². The lowest BCUT2D eigenvalue weighted by Crippen LogP contribution is -2.29. The maximum atomic E-state index is 12.3. The first-order chi connectivity index (χ1) is 21.3. The second kappa shape index (κ2) is 31.5. The summed E-state index contributed by atoms with van der Waals surface area (Å²) in [7, 11) is -4.74. The molecular weight excluding hydrogens is 579 g/mol. The Bertz CT molecular complexity index is 777. The van der Waals surface area contributed by atoms with Crippen molar-refractivity contribution in [3.8, 4) is 0 Å². The maximum Gasteiger partial charge on any atom is 0.469 e. The Morgan fingerprint density at radius 3 is 1.55 bits per heavy atom. The molecule has 0 aromatic heterocycles. The normalized spacial score (nSPS) is 12.7. The van der Waals surface area contributed by atoms with Gasteiger partial charge in [-0.2, -0.15) is 0 Å². The molecule has 0 aliphatic carbocycles. The molecule has 44 heavy (non-hydrogen) atoms. The Kier molecular flexibility index (Phi) is 30.5. The third kappa shape index (κ3) is 33.4. The quantitative estimate of drug-likeness (QED) is 0.0321. The minimum absolute atomic E-state index is 0.212. The molecule has 0 radical (unpaired) electrons. The van der Waals surface area contributed by atoms with Crippen LogP contribution in [-0.4, -0.2) is 41.0 Å². The fourth-order valence-electron chi connectivity index (χ4n) is 4.81. The van der Waals surface area contributed by atoms with Crippen LogP contribution >= 0.6 is 7.82 Å². The standard InChI is InChI=1S/C35H65O8P/c1-3-5-7-9-11-13-15-16-17-18-20-21-23-25-27-29-34(36)41-31-33(32-42-44(38,39)40)43-35(37)30-28-26-24-22-19-14-12-10-8-6-4-2/h11,13,16-17,33H,3-10,12,14-15,18-32H2,1-2H3,(H2,38,39,40)/b13-11+,17-16+/t33-/m1/s1. The van der Waals surface area contributed by atoms with Crippen molar-refractivity contribution in [2.24, 2.45) is 0 Å². The molecular formula is C35H65O8P. The van der Waals surface area contributed by atoms with Gasteiger partial charge in [-0.3, -0.25) is 14.1 Å². The molecule has 0 unspecified atom stereocenters. The van der Waals surface area contributed by atoms with E-state index in [2.05, 4.69) is 42.7 Å². The summed E-state index contributed by atoms with van der Waals surface area (Å²) in [6.45, 7) is 3.62. The third-order valence-corrected chi connectivity index (χ3v) is 7.96. The number of allylic oxidation sites excluding steroid dienone is 4. The Morgan fingerprint density at radius 1 is 0.591 bits per heavy atom. The maximum absolute atomic E-state index is 12.3. The van der Waals surface area contributed by atoms with E-state index in [0.29, 0.717) is 12.8 Å². The van der Waals surface area contributed by atoms with Crippen molar-refractivity contribution in [1.29, 1.82) is 0 Å². The lowest BCUT2D eigenvalue weighted by atomic mass is 10.1. The van der Waals surface area contributed by atoms with Crippen molar-refractivity contribution in [2.45, 2.75) is 174 Å². The SMILES string of the molecule is CCCCC/C=C/C/C=C/CCCCCCCC(=O)OC[C@H](COP(=O)(O)O)OC(=O)CCCCCCCCCCCCC. The Hall–Kier alpha value is -1.47. The lowest BCUT2D eigenvalue weighted by Gasteiger charge is -2.18. The lowest BCUT2D eigenvalue weighted by molar-refractivity contribution is -0.161. The number of rotatable bonds is 32. The van der Waals surface area contributed by atoms with Crippen molar-refractivity contribution >= 4 is 19.8 Å². The van der Waals surface area contributed by atoms with Gasteiger partial charge in [0.1, 0.15) is 6.61 Å². The van der Waals surface area contributed by atoms with E-state index in [1.807, 2.05) is 0 Å². The van der Waals surface area contributed by atoms with E-state index in [9.17, 15) is 14.2 Å². The molecule has 0 aliphatic rings. The number of carbonyl (C=O) groups is 2. The molecule has 0 saturated heterocycles. The molecule has 258 valence electrons. The average Bonchev–Trinajstić information content (AvgIpc) is 2.98. The highest BCUT2D eigenvalue weighted by atomic mass is 31.2. The van der Waals surface area contributed by atoms with Gasteiger partial charge in [-0.1, -0.05) is 134 Å². The first-order valence-corrected chi connectivity index (χ1v) is 19.2. The molecule has 2 N–H and O–H groups in total. The second-order valence-corrected chi connectivity index (χ2v) is 13.1. The monoisotopic (exact) mass is 644 g/mol. The zero-order valence-corrected chi connectivity index (χ0v) is 29.0. The number of phosphoric acid groups is 1. The number of hydrogen-bond donors (Lipinski definition) is 2. The minimum atomic E-state index is -4.74. The Morgan fingerprint density at radius 2 is 1.02 bits per heavy atom. The summed E-state index contributed by atoms with van der Waals surface area (Å²) in [5.74, 6) is -0.900. The van der Waals surface area contributed by atoms with Crippen molar-refractivity contribution in [2.75, 3.05) is 13.2 Å². The van der Waals surface area contributed by atoms with Crippen molar-refractivity contribution in [3.63, 3.8) is 0 Å². The first-order valence-electron chi connectivity index (χ1n) is 17.6. The van der Waals surface area contributed by atoms with Gasteiger partial charge in [-0.25, -0.2) is 4.57 Å². The van der Waals surface area contributed by atoms with Crippen molar-refractivity contribution in [3.05, 3.63) is 24.3 Å². The molecule has 8 nitrogen and oxygen atoms in total. The van der Waals surface area contributed by atoms with Gasteiger partial charge in [0.05, 0.1) is 6.61 Å². The summed E-state index contributed by atoms with van der Waals surface area (Å²) in [5.41, 5.74) is 0. The van der Waals surface area contributed by atoms with Crippen LogP contribution in [0.15, 0.2) is 24.3 Å². The topological polar surface area (TPSA) is 119 Å². The summed E-state index contributed by atoms with van der Waals surface area (Å²) in [6.07, 6.45) is 33.3. The van der Waals surface area contributed by atoms with Crippen LogP contribution < -0.4 is 0 Å². The molecule has 0 rings (SSSR count). The molecule has 0 aliphatic heterocycles. The molecule has 9 heteroatoms. The van der Waals surface area contributed by atoms with E-state index in [1.54, 1.807) is 0 Å². The van der Waals surface area contributed by atoms with E-state index in [1.165, 1.54) is 70.6 Å². The van der Waals surface area contributed by atoms with Crippen LogP contribution in [0.5, 0.6) is 0 Å². The van der Waals surface area contributed by atoms with E-state index in [0.717, 1.165) is 57.8 Å². The van der Waals surface area contributed by atoms with Gasteiger partial charge in [0.25, 0.3) is 0 Å². The molecule has 1 atom stereocenters. The Balaban J connectivity index is 4.01. The predicted octanol–water partition coefficient (Wildman–Crippen LogP) is 10.1. The summed E-state index contributed by atoms with van der Waals surface area (Å²) >= 11 is 0. The smallest absolute Gasteiger partial charge is 0.462 e. The molecule has 0 bridgehead atoms. The first kappa shape index (κ1) is 42.5. The van der Waals surface area contributed by atoms with Crippen LogP contribution in [0.1, 0.15) is 168 Å². The largest absolute Gasteiger partial charge is 0.469 e. The third-order valence-electron chi connectivity index (χ3n) is 7.47. The number of unbranched alkanes of at least 4 members (excludes halogenated alkanes) is 18. The zero-order chi connectivity index (χ0) is 32.6. The van der Waals surface area contributed by atoms with Crippen LogP contribution in [0.4, 0.5) is 0 Å². The van der Waals surface area contributed by atoms with Gasteiger partial charge >= 0.3 is 19.8 Å². The van der Waals surface area contributed by atoms with E-state index < -0.39 is 32.5 Å². The fourth-order valence-corrected chi connectivity index (χ4v) is 5.17. The predicted molar refractivity (Wildman–Crippen MR) is 179 cm³/mol. The van der Waals surface area contributed by atoms with Crippen molar-refractivity contribution < 1.29 is 37.9 Å². The number of carbonyl (C=O) groups excluding carboxylic acids is 2. The van der Waals surface area contributed by atoms with Gasteiger partial charge < -0.3 is 19.3 Å². The van der Waals surface area contributed by atoms with Gasteiger partial charge in [0, 0.05) is 12.8 Å².